The first-order valence-corrected chi connectivity index (χ1v) is 10.0. The Kier molecular flexibility index (Phi) is 5.74. The lowest BCUT2D eigenvalue weighted by molar-refractivity contribution is -0.145. The number of rotatable bonds is 5. The maximum absolute atomic E-state index is 13.4. The number of carbonyl (C=O) groups excluding carboxylic acids is 2. The molecule has 1 aliphatic rings. The molecular formula is C25H20F3NO3. The number of methoxy groups -OCH3 is 1. The van der Waals surface area contributed by atoms with Gasteiger partial charge in [-0.2, -0.15) is 13.2 Å². The van der Waals surface area contributed by atoms with Crippen LogP contribution in [0.15, 0.2) is 72.8 Å². The first-order chi connectivity index (χ1) is 15.3. The lowest BCUT2D eigenvalue weighted by atomic mass is 9.94. The number of benzene rings is 3. The summed E-state index contributed by atoms with van der Waals surface area (Å²) in [6.07, 6.45) is -4.92. The van der Waals surface area contributed by atoms with Crippen LogP contribution in [0.1, 0.15) is 28.2 Å². The van der Waals surface area contributed by atoms with E-state index < -0.39 is 35.6 Å². The molecule has 0 aromatic heterocycles. The molecule has 1 amide bonds. The van der Waals surface area contributed by atoms with Gasteiger partial charge in [-0.05, 0) is 33.9 Å². The van der Waals surface area contributed by atoms with Gasteiger partial charge < -0.3 is 10.1 Å². The number of alkyl halides is 3. The molecule has 1 N–H and O–H groups in total. The fourth-order valence-corrected chi connectivity index (χ4v) is 4.22. The van der Waals surface area contributed by atoms with Crippen molar-refractivity contribution in [3.05, 3.63) is 95.1 Å². The molecule has 0 radical (unpaired) electrons. The summed E-state index contributed by atoms with van der Waals surface area (Å²) < 4.78 is 45.0. The minimum absolute atomic E-state index is 0.0945. The third-order valence-corrected chi connectivity index (χ3v) is 5.64. The Bertz CT molecular complexity index is 1130. The van der Waals surface area contributed by atoms with Crippen molar-refractivity contribution >= 4 is 11.9 Å². The molecule has 1 atom stereocenters. The van der Waals surface area contributed by atoms with Crippen LogP contribution < -0.4 is 5.32 Å². The third kappa shape index (κ3) is 3.98. The molecule has 0 saturated carbocycles. The molecule has 4 nitrogen and oxygen atoms in total. The normalized spacial score (nSPS) is 13.8. The van der Waals surface area contributed by atoms with Crippen LogP contribution in [0.5, 0.6) is 0 Å². The van der Waals surface area contributed by atoms with Crippen LogP contribution in [-0.4, -0.2) is 25.0 Å². The fourth-order valence-electron chi connectivity index (χ4n) is 4.22. The Morgan fingerprint density at radius 3 is 2.00 bits per heavy atom. The van der Waals surface area contributed by atoms with E-state index in [1.165, 1.54) is 18.2 Å². The Morgan fingerprint density at radius 2 is 1.44 bits per heavy atom. The number of halogens is 3. The van der Waals surface area contributed by atoms with Gasteiger partial charge in [0, 0.05) is 6.42 Å². The van der Waals surface area contributed by atoms with E-state index in [0.29, 0.717) is 0 Å². The Labute approximate surface area is 183 Å². The second-order valence-corrected chi connectivity index (χ2v) is 7.55. The smallest absolute Gasteiger partial charge is 0.416 e. The van der Waals surface area contributed by atoms with Crippen LogP contribution in [0.2, 0.25) is 0 Å². The summed E-state index contributed by atoms with van der Waals surface area (Å²) in [6.45, 7) is 0. The fraction of sp³-hybridized carbons (Fsp3) is 0.200. The minimum atomic E-state index is -4.58. The number of ether oxygens (including phenoxy) is 1. The molecule has 0 saturated heterocycles. The van der Waals surface area contributed by atoms with Crippen molar-refractivity contribution < 1.29 is 27.5 Å². The molecule has 1 aliphatic carbocycles. The van der Waals surface area contributed by atoms with E-state index in [0.717, 1.165) is 35.4 Å². The minimum Gasteiger partial charge on any atom is -0.467 e. The maximum atomic E-state index is 13.4. The van der Waals surface area contributed by atoms with E-state index in [9.17, 15) is 22.8 Å². The van der Waals surface area contributed by atoms with E-state index in [-0.39, 0.29) is 12.0 Å². The van der Waals surface area contributed by atoms with E-state index in [1.807, 2.05) is 48.5 Å². The largest absolute Gasteiger partial charge is 0.467 e. The van der Waals surface area contributed by atoms with Gasteiger partial charge in [0.25, 0.3) is 0 Å². The number of amides is 1. The predicted molar refractivity (Wildman–Crippen MR) is 113 cm³/mol. The van der Waals surface area contributed by atoms with Crippen LogP contribution in [0.3, 0.4) is 0 Å². The number of hydrogen-bond donors (Lipinski definition) is 1. The van der Waals surface area contributed by atoms with E-state index in [4.69, 9.17) is 4.74 Å². The molecule has 0 unspecified atom stereocenters. The van der Waals surface area contributed by atoms with Gasteiger partial charge in [-0.3, -0.25) is 4.79 Å². The molecule has 164 valence electrons. The Balaban J connectivity index is 1.66. The molecule has 0 heterocycles. The van der Waals surface area contributed by atoms with Crippen molar-refractivity contribution in [3.63, 3.8) is 0 Å². The number of carbonyl (C=O) groups is 2. The maximum Gasteiger partial charge on any atom is 0.416 e. The van der Waals surface area contributed by atoms with Gasteiger partial charge in [0.1, 0.15) is 6.04 Å². The van der Waals surface area contributed by atoms with Gasteiger partial charge in [-0.15, -0.1) is 0 Å². The first kappa shape index (κ1) is 21.6. The zero-order chi connectivity index (χ0) is 22.9. The molecule has 7 heteroatoms. The zero-order valence-electron chi connectivity index (χ0n) is 17.1. The molecule has 3 aromatic rings. The second kappa shape index (κ2) is 8.49. The predicted octanol–water partition coefficient (Wildman–Crippen LogP) is 4.72. The van der Waals surface area contributed by atoms with Crippen molar-refractivity contribution in [3.8, 4) is 11.1 Å². The molecule has 0 aliphatic heterocycles. The number of nitrogens with one attached hydrogen (secondary N) is 1. The number of hydrogen-bond acceptors (Lipinski definition) is 3. The van der Waals surface area contributed by atoms with Gasteiger partial charge in [-0.25, -0.2) is 4.79 Å². The SMILES string of the molecule is COC(=O)[C@H](Cc1ccccc1C(F)(F)F)NC(=O)C1c2ccccc2-c2ccccc21. The van der Waals surface area contributed by atoms with Gasteiger partial charge in [0.2, 0.25) is 5.91 Å². The molecule has 0 spiro atoms. The van der Waals surface area contributed by atoms with Crippen LogP contribution in [0, 0.1) is 0 Å². The molecule has 0 bridgehead atoms. The highest BCUT2D eigenvalue weighted by Gasteiger charge is 2.37. The number of fused-ring (bicyclic) bond motifs is 3. The highest BCUT2D eigenvalue weighted by atomic mass is 19.4. The molecule has 0 fully saturated rings. The van der Waals surface area contributed by atoms with Crippen LogP contribution >= 0.6 is 0 Å². The monoisotopic (exact) mass is 439 g/mol. The summed E-state index contributed by atoms with van der Waals surface area (Å²) >= 11 is 0. The highest BCUT2D eigenvalue weighted by Crippen LogP contribution is 2.44. The second-order valence-electron chi connectivity index (χ2n) is 7.55. The lowest BCUT2D eigenvalue weighted by Crippen LogP contribution is -2.45. The lowest BCUT2D eigenvalue weighted by Gasteiger charge is -2.22. The molecule has 32 heavy (non-hydrogen) atoms. The van der Waals surface area contributed by atoms with Crippen molar-refractivity contribution in [1.82, 2.24) is 5.32 Å². The van der Waals surface area contributed by atoms with E-state index >= 15 is 0 Å². The van der Waals surface area contributed by atoms with Crippen molar-refractivity contribution in [2.75, 3.05) is 7.11 Å². The van der Waals surface area contributed by atoms with Crippen molar-refractivity contribution in [2.24, 2.45) is 0 Å². The molecule has 3 aromatic carbocycles. The van der Waals surface area contributed by atoms with Gasteiger partial charge >= 0.3 is 12.1 Å². The Morgan fingerprint density at radius 1 is 0.906 bits per heavy atom. The Hall–Kier alpha value is -3.61. The van der Waals surface area contributed by atoms with Gasteiger partial charge in [0.15, 0.2) is 0 Å². The summed E-state index contributed by atoms with van der Waals surface area (Å²) in [5.41, 5.74) is 2.46. The standard InChI is InChI=1S/C25H20F3NO3/c1-32-24(31)21(14-15-8-2-7-13-20(15)25(26,27)28)29-23(30)22-18-11-5-3-9-16(18)17-10-4-6-12-19(17)22/h2-13,21-22H,14H2,1H3,(H,29,30)/t21-/m0/s1. The van der Waals surface area contributed by atoms with Crippen LogP contribution in [0.25, 0.3) is 11.1 Å². The summed E-state index contributed by atoms with van der Waals surface area (Å²) in [5, 5.41) is 2.64. The van der Waals surface area contributed by atoms with Gasteiger partial charge in [-0.1, -0.05) is 66.7 Å². The van der Waals surface area contributed by atoms with Crippen molar-refractivity contribution in [1.29, 1.82) is 0 Å². The molecular weight excluding hydrogens is 419 g/mol. The first-order valence-electron chi connectivity index (χ1n) is 10.0. The van der Waals surface area contributed by atoms with Crippen LogP contribution in [-0.2, 0) is 26.9 Å². The van der Waals surface area contributed by atoms with E-state index in [1.54, 1.807) is 0 Å². The summed E-state index contributed by atoms with van der Waals surface area (Å²) in [5.74, 6) is -1.95. The van der Waals surface area contributed by atoms with E-state index in [2.05, 4.69) is 5.32 Å². The van der Waals surface area contributed by atoms with Gasteiger partial charge in [0.05, 0.1) is 18.6 Å². The number of esters is 1. The topological polar surface area (TPSA) is 55.4 Å². The highest BCUT2D eigenvalue weighted by molar-refractivity contribution is 5.97. The molecule has 4 rings (SSSR count). The average molecular weight is 439 g/mol. The van der Waals surface area contributed by atoms with Crippen LogP contribution in [0.4, 0.5) is 13.2 Å². The third-order valence-electron chi connectivity index (χ3n) is 5.64. The summed E-state index contributed by atoms with van der Waals surface area (Å²) in [7, 11) is 1.14. The quantitative estimate of drug-likeness (QED) is 0.586. The zero-order valence-corrected chi connectivity index (χ0v) is 17.1. The average Bonchev–Trinajstić information content (AvgIpc) is 3.12. The summed E-state index contributed by atoms with van der Waals surface area (Å²) in [6, 6.07) is 18.6. The van der Waals surface area contributed by atoms with Crippen molar-refractivity contribution in [2.45, 2.75) is 24.6 Å². The summed E-state index contributed by atoms with van der Waals surface area (Å²) in [4.78, 5) is 25.7.